The van der Waals surface area contributed by atoms with Crippen LogP contribution in [0.1, 0.15) is 0 Å². The molecule has 0 aliphatic carbocycles. The number of primary sulfonamides is 1. The molecule has 2 rings (SSSR count). The average molecular weight is 280 g/mol. The number of sulfonamides is 1. The number of rotatable bonds is 1. The highest BCUT2D eigenvalue weighted by Gasteiger charge is 2.21. The lowest BCUT2D eigenvalue weighted by atomic mass is 10.3. The number of hydrogen-bond donors (Lipinski definition) is 1. The molecule has 0 unspecified atom stereocenters. The summed E-state index contributed by atoms with van der Waals surface area (Å²) in [6.07, 6.45) is 0. The van der Waals surface area contributed by atoms with Gasteiger partial charge in [-0.1, -0.05) is 0 Å². The number of benzene rings is 1. The van der Waals surface area contributed by atoms with Crippen LogP contribution in [0, 0.1) is 0 Å². The second-order valence-corrected chi connectivity index (χ2v) is 5.07. The maximum Gasteiger partial charge on any atom is 0.239 e. The van der Waals surface area contributed by atoms with Crippen molar-refractivity contribution in [3.05, 3.63) is 16.6 Å². The first-order valence-electron chi connectivity index (χ1n) is 3.60. The van der Waals surface area contributed by atoms with Crippen LogP contribution in [0.15, 0.2) is 21.5 Å². The van der Waals surface area contributed by atoms with Crippen molar-refractivity contribution < 1.29 is 17.9 Å². The Labute approximate surface area is 89.0 Å². The standard InChI is InChI=1S/C7H6BrNO4S/c8-4-1-5-6(13-3-12-5)2-7(4)14(9,10)11/h1-2H,3H2,(H2,9,10,11). The van der Waals surface area contributed by atoms with E-state index in [9.17, 15) is 8.42 Å². The molecule has 0 aromatic heterocycles. The second-order valence-electron chi connectivity index (χ2n) is 2.68. The van der Waals surface area contributed by atoms with Crippen molar-refractivity contribution in [2.45, 2.75) is 4.90 Å². The summed E-state index contributed by atoms with van der Waals surface area (Å²) in [5, 5.41) is 5.00. The molecule has 7 heteroatoms. The Balaban J connectivity index is 2.65. The van der Waals surface area contributed by atoms with E-state index in [4.69, 9.17) is 14.6 Å². The van der Waals surface area contributed by atoms with Gasteiger partial charge in [0.25, 0.3) is 0 Å². The zero-order valence-electron chi connectivity index (χ0n) is 6.86. The Hall–Kier alpha value is -0.790. The van der Waals surface area contributed by atoms with Gasteiger partial charge in [0.15, 0.2) is 11.5 Å². The fourth-order valence-corrected chi connectivity index (χ4v) is 2.72. The molecule has 0 atom stereocenters. The largest absolute Gasteiger partial charge is 0.454 e. The van der Waals surface area contributed by atoms with E-state index in [1.807, 2.05) is 0 Å². The van der Waals surface area contributed by atoms with Crippen molar-refractivity contribution in [1.82, 2.24) is 0 Å². The molecule has 1 aromatic rings. The molecule has 14 heavy (non-hydrogen) atoms. The quantitative estimate of drug-likeness (QED) is 0.826. The number of nitrogens with two attached hydrogens (primary N) is 1. The van der Waals surface area contributed by atoms with Gasteiger partial charge in [-0.15, -0.1) is 0 Å². The summed E-state index contributed by atoms with van der Waals surface area (Å²) in [4.78, 5) is -0.0123. The van der Waals surface area contributed by atoms with Gasteiger partial charge in [-0.2, -0.15) is 0 Å². The predicted molar refractivity (Wildman–Crippen MR) is 51.6 cm³/mol. The maximum absolute atomic E-state index is 11.1. The molecular formula is C7H6BrNO4S. The zero-order chi connectivity index (χ0) is 10.3. The molecule has 1 aromatic carbocycles. The number of ether oxygens (including phenoxy) is 2. The van der Waals surface area contributed by atoms with Crippen LogP contribution in [0.4, 0.5) is 0 Å². The monoisotopic (exact) mass is 279 g/mol. The minimum Gasteiger partial charge on any atom is -0.454 e. The summed E-state index contributed by atoms with van der Waals surface area (Å²) in [5.74, 6) is 0.890. The van der Waals surface area contributed by atoms with Crippen molar-refractivity contribution in [3.63, 3.8) is 0 Å². The van der Waals surface area contributed by atoms with Crippen LogP contribution < -0.4 is 14.6 Å². The van der Waals surface area contributed by atoms with Crippen molar-refractivity contribution in [1.29, 1.82) is 0 Å². The third-order valence-electron chi connectivity index (χ3n) is 1.73. The SMILES string of the molecule is NS(=O)(=O)c1cc2c(cc1Br)OCO2. The molecule has 0 bridgehead atoms. The van der Waals surface area contributed by atoms with E-state index >= 15 is 0 Å². The van der Waals surface area contributed by atoms with Gasteiger partial charge in [0.1, 0.15) is 0 Å². The summed E-state index contributed by atoms with van der Waals surface area (Å²) >= 11 is 3.09. The van der Waals surface area contributed by atoms with Gasteiger partial charge in [0.2, 0.25) is 16.8 Å². The van der Waals surface area contributed by atoms with E-state index in [2.05, 4.69) is 15.9 Å². The molecule has 0 amide bonds. The smallest absolute Gasteiger partial charge is 0.239 e. The van der Waals surface area contributed by atoms with E-state index in [0.29, 0.717) is 16.0 Å². The molecule has 0 radical (unpaired) electrons. The van der Waals surface area contributed by atoms with Crippen LogP contribution in [-0.4, -0.2) is 15.2 Å². The van der Waals surface area contributed by atoms with E-state index in [1.165, 1.54) is 12.1 Å². The van der Waals surface area contributed by atoms with Crippen LogP contribution in [0.5, 0.6) is 11.5 Å². The minimum absolute atomic E-state index is 0.0123. The molecule has 0 saturated heterocycles. The lowest BCUT2D eigenvalue weighted by Crippen LogP contribution is -2.12. The van der Waals surface area contributed by atoms with Gasteiger partial charge in [-0.25, -0.2) is 13.6 Å². The van der Waals surface area contributed by atoms with Crippen LogP contribution in [0.3, 0.4) is 0 Å². The average Bonchev–Trinajstić information content (AvgIpc) is 2.47. The Bertz CT molecular complexity index is 485. The van der Waals surface area contributed by atoms with Crippen molar-refractivity contribution in [2.24, 2.45) is 5.14 Å². The summed E-state index contributed by atoms with van der Waals surface area (Å²) in [5.41, 5.74) is 0. The van der Waals surface area contributed by atoms with Gasteiger partial charge in [0, 0.05) is 10.5 Å². The predicted octanol–water partition coefficient (Wildman–Crippen LogP) is 0.825. The summed E-state index contributed by atoms with van der Waals surface area (Å²) in [6.45, 7) is 0.0931. The number of hydrogen-bond acceptors (Lipinski definition) is 4. The Kier molecular flexibility index (Phi) is 2.17. The van der Waals surface area contributed by atoms with E-state index in [-0.39, 0.29) is 11.7 Å². The zero-order valence-corrected chi connectivity index (χ0v) is 9.26. The first-order chi connectivity index (χ1) is 6.48. The van der Waals surface area contributed by atoms with E-state index in [0.717, 1.165) is 0 Å². The number of halogens is 1. The minimum atomic E-state index is -3.74. The summed E-state index contributed by atoms with van der Waals surface area (Å²) in [6, 6.07) is 2.85. The highest BCUT2D eigenvalue weighted by atomic mass is 79.9. The number of fused-ring (bicyclic) bond motifs is 1. The van der Waals surface area contributed by atoms with Crippen molar-refractivity contribution in [2.75, 3.05) is 6.79 Å². The van der Waals surface area contributed by atoms with Crippen molar-refractivity contribution >= 4 is 26.0 Å². The summed E-state index contributed by atoms with van der Waals surface area (Å²) in [7, 11) is -3.74. The summed E-state index contributed by atoms with van der Waals surface area (Å²) < 4.78 is 32.7. The molecule has 0 spiro atoms. The van der Waals surface area contributed by atoms with Gasteiger partial charge < -0.3 is 9.47 Å². The lowest BCUT2D eigenvalue weighted by Gasteiger charge is -2.03. The van der Waals surface area contributed by atoms with Gasteiger partial charge in [-0.05, 0) is 22.0 Å². The van der Waals surface area contributed by atoms with Crippen LogP contribution in [0.2, 0.25) is 0 Å². The molecule has 1 aliphatic rings. The van der Waals surface area contributed by atoms with Crippen LogP contribution in [-0.2, 0) is 10.0 Å². The third-order valence-corrected chi connectivity index (χ3v) is 3.60. The van der Waals surface area contributed by atoms with Gasteiger partial charge >= 0.3 is 0 Å². The van der Waals surface area contributed by atoms with Gasteiger partial charge in [-0.3, -0.25) is 0 Å². The molecule has 0 saturated carbocycles. The molecule has 0 fully saturated rings. The van der Waals surface area contributed by atoms with Crippen LogP contribution >= 0.6 is 15.9 Å². The van der Waals surface area contributed by atoms with Crippen molar-refractivity contribution in [3.8, 4) is 11.5 Å². The third kappa shape index (κ3) is 1.58. The van der Waals surface area contributed by atoms with Gasteiger partial charge in [0.05, 0.1) is 4.90 Å². The van der Waals surface area contributed by atoms with Crippen LogP contribution in [0.25, 0.3) is 0 Å². The first kappa shape index (κ1) is 9.75. The fraction of sp³-hybridized carbons (Fsp3) is 0.143. The topological polar surface area (TPSA) is 78.6 Å². The Morgan fingerprint density at radius 3 is 2.43 bits per heavy atom. The fourth-order valence-electron chi connectivity index (χ4n) is 1.12. The lowest BCUT2D eigenvalue weighted by molar-refractivity contribution is 0.174. The van der Waals surface area contributed by atoms with E-state index in [1.54, 1.807) is 0 Å². The molecule has 2 N–H and O–H groups in total. The van der Waals surface area contributed by atoms with E-state index < -0.39 is 10.0 Å². The highest BCUT2D eigenvalue weighted by Crippen LogP contribution is 2.38. The Morgan fingerprint density at radius 1 is 1.29 bits per heavy atom. The maximum atomic E-state index is 11.1. The second kappa shape index (κ2) is 3.11. The molecule has 1 aliphatic heterocycles. The molecular weight excluding hydrogens is 274 g/mol. The Morgan fingerprint density at radius 2 is 1.86 bits per heavy atom. The highest BCUT2D eigenvalue weighted by molar-refractivity contribution is 9.10. The molecule has 76 valence electrons. The first-order valence-corrected chi connectivity index (χ1v) is 5.94. The molecule has 1 heterocycles. The molecule has 5 nitrogen and oxygen atoms in total. The normalized spacial score (nSPS) is 14.4.